The second-order valence-electron chi connectivity index (χ2n) is 14.5. The van der Waals surface area contributed by atoms with Gasteiger partial charge in [0.15, 0.2) is 0 Å². The Morgan fingerprint density at radius 3 is 1.80 bits per heavy atom. The van der Waals surface area contributed by atoms with Gasteiger partial charge in [0.2, 0.25) is 0 Å². The summed E-state index contributed by atoms with van der Waals surface area (Å²) in [7, 11) is 0. The van der Waals surface area contributed by atoms with E-state index in [9.17, 15) is 5.11 Å². The summed E-state index contributed by atoms with van der Waals surface area (Å²) in [6, 6.07) is 46.1. The Balaban J connectivity index is 1.42. The smallest absolute Gasteiger partial charge is 0.124 e. The summed E-state index contributed by atoms with van der Waals surface area (Å²) >= 11 is 0. The maximum atomic E-state index is 11.4. The molecule has 0 bridgehead atoms. The lowest BCUT2D eigenvalue weighted by atomic mass is 9.84. The van der Waals surface area contributed by atoms with Crippen molar-refractivity contribution in [2.75, 3.05) is 0 Å². The molecule has 0 spiro atoms. The van der Waals surface area contributed by atoms with Crippen molar-refractivity contribution in [3.8, 4) is 61.8 Å². The summed E-state index contributed by atoms with van der Waals surface area (Å²) in [5.74, 6) is 0.339. The van der Waals surface area contributed by atoms with Crippen LogP contribution in [0.15, 0.2) is 140 Å². The zero-order valence-electron chi connectivity index (χ0n) is 30.1. The standard InChI is InChI=1S/C47H43N3O/c1-30-21-37(22-31(2)49-30)38-28-44(50-45(29-38)42-26-35(17-18-46(42)51)32(3)33-13-9-7-10-14-33)40-23-39(24-41(25-40)47(4,5)6)43-27-36(19-20-48-43)34-15-11-8-12-16-34/h7-29,32,51H,1-6H3. The Kier molecular flexibility index (Phi) is 9.10. The third kappa shape index (κ3) is 7.36. The van der Waals surface area contributed by atoms with Gasteiger partial charge in [-0.15, -0.1) is 0 Å². The second-order valence-corrected chi connectivity index (χ2v) is 14.5. The van der Waals surface area contributed by atoms with Crippen molar-refractivity contribution in [3.63, 3.8) is 0 Å². The minimum atomic E-state index is -0.123. The number of aromatic hydroxyl groups is 1. The van der Waals surface area contributed by atoms with Gasteiger partial charge >= 0.3 is 0 Å². The highest BCUT2D eigenvalue weighted by Gasteiger charge is 2.20. The molecule has 0 radical (unpaired) electrons. The summed E-state index contributed by atoms with van der Waals surface area (Å²) in [5, 5.41) is 11.4. The number of aromatic nitrogens is 3. The molecule has 3 heterocycles. The Morgan fingerprint density at radius 2 is 1.12 bits per heavy atom. The summed E-state index contributed by atoms with van der Waals surface area (Å²) in [5.41, 5.74) is 14.8. The predicted octanol–water partition coefficient (Wildman–Crippen LogP) is 12.0. The molecule has 0 aliphatic heterocycles. The number of hydrogen-bond donors (Lipinski definition) is 1. The zero-order valence-corrected chi connectivity index (χ0v) is 30.1. The van der Waals surface area contributed by atoms with E-state index >= 15 is 0 Å². The van der Waals surface area contributed by atoms with Gasteiger partial charge < -0.3 is 5.11 Å². The van der Waals surface area contributed by atoms with Crippen LogP contribution in [0.4, 0.5) is 0 Å². The van der Waals surface area contributed by atoms with Crippen LogP contribution in [0.1, 0.15) is 61.7 Å². The van der Waals surface area contributed by atoms with Crippen LogP contribution in [-0.2, 0) is 5.41 Å². The van der Waals surface area contributed by atoms with Crippen molar-refractivity contribution >= 4 is 0 Å². The molecule has 7 rings (SSSR count). The molecule has 51 heavy (non-hydrogen) atoms. The molecular weight excluding hydrogens is 623 g/mol. The number of benzene rings is 4. The van der Waals surface area contributed by atoms with Crippen molar-refractivity contribution in [3.05, 3.63) is 168 Å². The number of aryl methyl sites for hydroxylation is 2. The van der Waals surface area contributed by atoms with Gasteiger partial charge in [-0.25, -0.2) is 4.98 Å². The minimum Gasteiger partial charge on any atom is -0.507 e. The van der Waals surface area contributed by atoms with Gasteiger partial charge in [-0.1, -0.05) is 94.4 Å². The van der Waals surface area contributed by atoms with Crippen LogP contribution in [0.25, 0.3) is 56.0 Å². The van der Waals surface area contributed by atoms with Crippen LogP contribution in [0.2, 0.25) is 0 Å². The van der Waals surface area contributed by atoms with E-state index in [1.807, 2.05) is 38.2 Å². The lowest BCUT2D eigenvalue weighted by molar-refractivity contribution is 0.477. The fourth-order valence-corrected chi connectivity index (χ4v) is 6.70. The minimum absolute atomic E-state index is 0.123. The lowest BCUT2D eigenvalue weighted by Gasteiger charge is -2.22. The van der Waals surface area contributed by atoms with E-state index in [0.717, 1.165) is 61.7 Å². The molecule has 4 nitrogen and oxygen atoms in total. The number of phenols is 1. The first-order valence-corrected chi connectivity index (χ1v) is 17.6. The quantitative estimate of drug-likeness (QED) is 0.184. The van der Waals surface area contributed by atoms with E-state index in [1.165, 1.54) is 11.1 Å². The van der Waals surface area contributed by atoms with Gasteiger partial charge in [0.1, 0.15) is 5.75 Å². The average molecular weight is 666 g/mol. The van der Waals surface area contributed by atoms with E-state index in [-0.39, 0.29) is 17.1 Å². The Bertz CT molecular complexity index is 2320. The molecule has 0 aliphatic carbocycles. The van der Waals surface area contributed by atoms with Crippen molar-refractivity contribution in [1.29, 1.82) is 0 Å². The van der Waals surface area contributed by atoms with Crippen molar-refractivity contribution in [1.82, 2.24) is 15.0 Å². The van der Waals surface area contributed by atoms with Crippen LogP contribution in [0.3, 0.4) is 0 Å². The molecule has 1 N–H and O–H groups in total. The van der Waals surface area contributed by atoms with E-state index in [0.29, 0.717) is 11.3 Å². The maximum absolute atomic E-state index is 11.4. The highest BCUT2D eigenvalue weighted by Crippen LogP contribution is 2.39. The van der Waals surface area contributed by atoms with Crippen molar-refractivity contribution in [2.45, 2.75) is 52.9 Å². The molecule has 0 amide bonds. The SMILES string of the molecule is Cc1cc(-c2cc(-c3cc(-c4cc(-c5ccccc5)ccn4)cc(C(C)(C)C)c3)nc(-c3cc(C(C)c4ccccc4)ccc3O)c2)cc(C)n1. The van der Waals surface area contributed by atoms with Crippen LogP contribution >= 0.6 is 0 Å². The fraction of sp³-hybridized carbons (Fsp3) is 0.170. The van der Waals surface area contributed by atoms with E-state index in [1.54, 1.807) is 6.07 Å². The molecule has 0 saturated carbocycles. The van der Waals surface area contributed by atoms with E-state index < -0.39 is 0 Å². The third-order valence-electron chi connectivity index (χ3n) is 9.59. The van der Waals surface area contributed by atoms with E-state index in [4.69, 9.17) is 9.97 Å². The van der Waals surface area contributed by atoms with Crippen molar-refractivity contribution in [2.24, 2.45) is 0 Å². The van der Waals surface area contributed by atoms with E-state index in [2.05, 4.69) is 142 Å². The highest BCUT2D eigenvalue weighted by molar-refractivity contribution is 5.81. The van der Waals surface area contributed by atoms with Crippen LogP contribution in [0, 0.1) is 13.8 Å². The molecule has 7 aromatic rings. The number of phenolic OH excluding ortho intramolecular Hbond substituents is 1. The first-order chi connectivity index (χ1) is 24.5. The van der Waals surface area contributed by atoms with Gasteiger partial charge in [0, 0.05) is 40.2 Å². The predicted molar refractivity (Wildman–Crippen MR) is 211 cm³/mol. The molecule has 4 aromatic carbocycles. The fourth-order valence-electron chi connectivity index (χ4n) is 6.70. The summed E-state index contributed by atoms with van der Waals surface area (Å²) in [6.45, 7) is 12.9. The molecule has 0 fully saturated rings. The summed E-state index contributed by atoms with van der Waals surface area (Å²) in [6.07, 6.45) is 1.89. The zero-order chi connectivity index (χ0) is 35.7. The van der Waals surface area contributed by atoms with Crippen molar-refractivity contribution < 1.29 is 5.11 Å². The lowest BCUT2D eigenvalue weighted by Crippen LogP contribution is -2.11. The number of pyridine rings is 3. The second kappa shape index (κ2) is 13.8. The molecule has 0 saturated heterocycles. The summed E-state index contributed by atoms with van der Waals surface area (Å²) < 4.78 is 0. The highest BCUT2D eigenvalue weighted by atomic mass is 16.3. The molecular formula is C47H43N3O. The summed E-state index contributed by atoms with van der Waals surface area (Å²) in [4.78, 5) is 14.8. The molecule has 1 unspecified atom stereocenters. The number of rotatable bonds is 7. The van der Waals surface area contributed by atoms with Gasteiger partial charge in [-0.3, -0.25) is 9.97 Å². The molecule has 252 valence electrons. The average Bonchev–Trinajstić information content (AvgIpc) is 3.14. The molecule has 0 aliphatic rings. The normalized spacial score (nSPS) is 12.1. The number of hydrogen-bond acceptors (Lipinski definition) is 4. The Morgan fingerprint density at radius 1 is 0.510 bits per heavy atom. The largest absolute Gasteiger partial charge is 0.507 e. The van der Waals surface area contributed by atoms with Gasteiger partial charge in [0.05, 0.1) is 17.1 Å². The maximum Gasteiger partial charge on any atom is 0.124 e. The molecule has 4 heteroatoms. The van der Waals surface area contributed by atoms with Gasteiger partial charge in [-0.05, 0) is 125 Å². The Labute approximate surface area is 301 Å². The van der Waals surface area contributed by atoms with Crippen LogP contribution in [0.5, 0.6) is 5.75 Å². The third-order valence-corrected chi connectivity index (χ3v) is 9.59. The first-order valence-electron chi connectivity index (χ1n) is 17.6. The van der Waals surface area contributed by atoms with Gasteiger partial charge in [0.25, 0.3) is 0 Å². The molecule has 1 atom stereocenters. The van der Waals surface area contributed by atoms with Crippen LogP contribution in [-0.4, -0.2) is 20.1 Å². The molecule has 3 aromatic heterocycles. The van der Waals surface area contributed by atoms with Crippen LogP contribution < -0.4 is 0 Å². The Hall–Kier alpha value is -5.87. The van der Waals surface area contributed by atoms with Gasteiger partial charge in [-0.2, -0.15) is 0 Å². The topological polar surface area (TPSA) is 58.9 Å². The first kappa shape index (κ1) is 33.6. The number of nitrogens with zero attached hydrogens (tertiary/aromatic N) is 3. The monoisotopic (exact) mass is 665 g/mol.